The fourth-order valence-corrected chi connectivity index (χ4v) is 3.66. The van der Waals surface area contributed by atoms with Gasteiger partial charge < -0.3 is 18.8 Å². The molecule has 29 heavy (non-hydrogen) atoms. The van der Waals surface area contributed by atoms with E-state index in [2.05, 4.69) is 4.98 Å². The molecule has 5 rings (SSSR count). The van der Waals surface area contributed by atoms with E-state index in [4.69, 9.17) is 14.2 Å². The zero-order valence-corrected chi connectivity index (χ0v) is 16.1. The third kappa shape index (κ3) is 2.91. The number of hydrogen-bond donors (Lipinski definition) is 0. The highest BCUT2D eigenvalue weighted by molar-refractivity contribution is 5.92. The molecule has 2 aromatic carbocycles. The SMILES string of the molecule is COc1cccc(-c2cn(C)c3c(=O)n(Cc4ccc5c(c4)OCO5)cnc23)c1. The maximum atomic E-state index is 13.2. The topological polar surface area (TPSA) is 67.5 Å². The Kier molecular flexibility index (Phi) is 4.01. The van der Waals surface area contributed by atoms with Gasteiger partial charge in [0.05, 0.1) is 20.0 Å². The van der Waals surface area contributed by atoms with Crippen molar-refractivity contribution in [2.24, 2.45) is 7.05 Å². The lowest BCUT2D eigenvalue weighted by Crippen LogP contribution is -2.22. The third-order valence-corrected chi connectivity index (χ3v) is 5.12. The Balaban J connectivity index is 1.57. The molecule has 0 bridgehead atoms. The van der Waals surface area contributed by atoms with E-state index in [9.17, 15) is 4.79 Å². The van der Waals surface area contributed by atoms with E-state index in [1.54, 1.807) is 18.0 Å². The van der Waals surface area contributed by atoms with E-state index >= 15 is 0 Å². The first-order valence-electron chi connectivity index (χ1n) is 9.21. The number of rotatable bonds is 4. The molecule has 0 spiro atoms. The number of fused-ring (bicyclic) bond motifs is 2. The molecule has 2 aromatic heterocycles. The van der Waals surface area contributed by atoms with Crippen molar-refractivity contribution < 1.29 is 14.2 Å². The summed E-state index contributed by atoms with van der Waals surface area (Å²) in [6.45, 7) is 0.626. The normalized spacial score (nSPS) is 12.5. The van der Waals surface area contributed by atoms with Gasteiger partial charge in [0.1, 0.15) is 16.8 Å². The molecule has 0 saturated heterocycles. The Bertz CT molecular complexity index is 1290. The van der Waals surface area contributed by atoms with E-state index < -0.39 is 0 Å². The van der Waals surface area contributed by atoms with E-state index in [-0.39, 0.29) is 12.4 Å². The van der Waals surface area contributed by atoms with Gasteiger partial charge in [-0.15, -0.1) is 0 Å². The lowest BCUT2D eigenvalue weighted by Gasteiger charge is -2.08. The Morgan fingerprint density at radius 3 is 2.86 bits per heavy atom. The zero-order valence-electron chi connectivity index (χ0n) is 16.1. The van der Waals surface area contributed by atoms with Crippen LogP contribution in [0.4, 0.5) is 0 Å². The number of hydrogen-bond acceptors (Lipinski definition) is 5. The quantitative estimate of drug-likeness (QED) is 0.536. The van der Waals surface area contributed by atoms with Crippen LogP contribution < -0.4 is 19.8 Å². The summed E-state index contributed by atoms with van der Waals surface area (Å²) in [4.78, 5) is 17.8. The largest absolute Gasteiger partial charge is 0.497 e. The van der Waals surface area contributed by atoms with Crippen LogP contribution in [0.3, 0.4) is 0 Å². The van der Waals surface area contributed by atoms with Crippen LogP contribution in [0.1, 0.15) is 5.56 Å². The first-order valence-corrected chi connectivity index (χ1v) is 9.21. The van der Waals surface area contributed by atoms with Crippen molar-refractivity contribution in [1.29, 1.82) is 0 Å². The Labute approximate surface area is 166 Å². The second kappa shape index (κ2) is 6.70. The number of aromatic nitrogens is 3. The van der Waals surface area contributed by atoms with E-state index in [0.717, 1.165) is 28.2 Å². The standard InChI is InChI=1S/C22H19N3O4/c1-24-11-17(15-4-3-5-16(9-15)27-2)20-21(24)22(26)25(12-23-20)10-14-6-7-18-19(8-14)29-13-28-18/h3-9,11-12H,10,13H2,1-2H3. The van der Waals surface area contributed by atoms with Crippen molar-refractivity contribution in [3.63, 3.8) is 0 Å². The van der Waals surface area contributed by atoms with Crippen LogP contribution in [0.25, 0.3) is 22.2 Å². The van der Waals surface area contributed by atoms with Gasteiger partial charge in [-0.1, -0.05) is 18.2 Å². The Morgan fingerprint density at radius 2 is 2.00 bits per heavy atom. The molecule has 0 unspecified atom stereocenters. The van der Waals surface area contributed by atoms with Gasteiger partial charge >= 0.3 is 0 Å². The zero-order chi connectivity index (χ0) is 20.0. The first kappa shape index (κ1) is 17.4. The summed E-state index contributed by atoms with van der Waals surface area (Å²) in [6.07, 6.45) is 3.53. The Hall–Kier alpha value is -3.74. The van der Waals surface area contributed by atoms with Crippen LogP contribution in [0.15, 0.2) is 59.8 Å². The molecular weight excluding hydrogens is 370 g/mol. The lowest BCUT2D eigenvalue weighted by molar-refractivity contribution is 0.174. The third-order valence-electron chi connectivity index (χ3n) is 5.12. The van der Waals surface area contributed by atoms with Crippen LogP contribution >= 0.6 is 0 Å². The second-order valence-corrected chi connectivity index (χ2v) is 6.95. The summed E-state index contributed by atoms with van der Waals surface area (Å²) in [7, 11) is 3.50. The number of aryl methyl sites for hydroxylation is 1. The van der Waals surface area contributed by atoms with Crippen LogP contribution in [0, 0.1) is 0 Å². The summed E-state index contributed by atoms with van der Waals surface area (Å²) >= 11 is 0. The van der Waals surface area contributed by atoms with Gasteiger partial charge in [-0.05, 0) is 35.4 Å². The molecule has 0 saturated carbocycles. The van der Waals surface area contributed by atoms with E-state index in [0.29, 0.717) is 23.3 Å². The summed E-state index contributed by atoms with van der Waals surface area (Å²) in [5, 5.41) is 0. The van der Waals surface area contributed by atoms with Gasteiger partial charge in [0, 0.05) is 18.8 Å². The summed E-state index contributed by atoms with van der Waals surface area (Å²) in [5.41, 5.74) is 3.94. The summed E-state index contributed by atoms with van der Waals surface area (Å²) < 4.78 is 19.5. The molecule has 0 radical (unpaired) electrons. The highest BCUT2D eigenvalue weighted by Crippen LogP contribution is 2.33. The molecular formula is C22H19N3O4. The maximum absolute atomic E-state index is 13.2. The maximum Gasteiger partial charge on any atom is 0.278 e. The molecule has 7 heteroatoms. The number of benzene rings is 2. The van der Waals surface area contributed by atoms with Crippen LogP contribution in [-0.2, 0) is 13.6 Å². The number of ether oxygens (including phenoxy) is 3. The molecule has 4 aromatic rings. The van der Waals surface area contributed by atoms with Crippen molar-refractivity contribution >= 4 is 11.0 Å². The smallest absolute Gasteiger partial charge is 0.278 e. The van der Waals surface area contributed by atoms with Crippen molar-refractivity contribution in [3.05, 3.63) is 70.9 Å². The first-order chi connectivity index (χ1) is 14.1. The van der Waals surface area contributed by atoms with Crippen molar-refractivity contribution in [3.8, 4) is 28.4 Å². The molecule has 0 amide bonds. The molecule has 146 valence electrons. The predicted molar refractivity (Wildman–Crippen MR) is 109 cm³/mol. The minimum absolute atomic E-state index is 0.0932. The van der Waals surface area contributed by atoms with Gasteiger partial charge in [-0.3, -0.25) is 9.36 Å². The molecule has 7 nitrogen and oxygen atoms in total. The summed E-state index contributed by atoms with van der Waals surface area (Å²) in [6, 6.07) is 13.4. The van der Waals surface area contributed by atoms with Gasteiger partial charge in [0.25, 0.3) is 5.56 Å². The van der Waals surface area contributed by atoms with Crippen LogP contribution in [-0.4, -0.2) is 28.0 Å². The number of methoxy groups -OCH3 is 1. The predicted octanol–water partition coefficient (Wildman–Crippen LogP) is 3.19. The second-order valence-electron chi connectivity index (χ2n) is 6.95. The van der Waals surface area contributed by atoms with Crippen molar-refractivity contribution in [1.82, 2.24) is 14.1 Å². The van der Waals surface area contributed by atoms with Gasteiger partial charge in [-0.2, -0.15) is 0 Å². The average Bonchev–Trinajstić information content (AvgIpc) is 3.34. The summed E-state index contributed by atoms with van der Waals surface area (Å²) in [5.74, 6) is 2.18. The molecule has 0 atom stereocenters. The Morgan fingerprint density at radius 1 is 1.14 bits per heavy atom. The lowest BCUT2D eigenvalue weighted by atomic mass is 10.1. The monoisotopic (exact) mass is 389 g/mol. The highest BCUT2D eigenvalue weighted by atomic mass is 16.7. The molecule has 0 aliphatic carbocycles. The molecule has 1 aliphatic heterocycles. The minimum atomic E-state index is -0.0932. The number of nitrogens with zero attached hydrogens (tertiary/aromatic N) is 3. The fourth-order valence-electron chi connectivity index (χ4n) is 3.66. The highest BCUT2D eigenvalue weighted by Gasteiger charge is 2.17. The minimum Gasteiger partial charge on any atom is -0.497 e. The molecule has 1 aliphatic rings. The van der Waals surface area contributed by atoms with E-state index in [1.165, 1.54) is 0 Å². The molecule has 3 heterocycles. The van der Waals surface area contributed by atoms with Crippen LogP contribution in [0.2, 0.25) is 0 Å². The van der Waals surface area contributed by atoms with Gasteiger partial charge in [0.2, 0.25) is 6.79 Å². The van der Waals surface area contributed by atoms with Crippen molar-refractivity contribution in [2.75, 3.05) is 13.9 Å². The van der Waals surface area contributed by atoms with Gasteiger partial charge in [0.15, 0.2) is 11.5 Å². The average molecular weight is 389 g/mol. The fraction of sp³-hybridized carbons (Fsp3) is 0.182. The molecule has 0 fully saturated rings. The van der Waals surface area contributed by atoms with Crippen molar-refractivity contribution in [2.45, 2.75) is 6.54 Å². The molecule has 0 N–H and O–H groups in total. The van der Waals surface area contributed by atoms with Gasteiger partial charge in [-0.25, -0.2) is 4.98 Å². The van der Waals surface area contributed by atoms with E-state index in [1.807, 2.05) is 60.3 Å². The van der Waals surface area contributed by atoms with Crippen LogP contribution in [0.5, 0.6) is 17.2 Å².